The Kier molecular flexibility index (Phi) is 2.44. The molecule has 0 N–H and O–H groups in total. The maximum absolute atomic E-state index is 11.2. The van der Waals surface area contributed by atoms with E-state index in [1.165, 1.54) is 0 Å². The normalized spacial score (nSPS) is 34.8. The zero-order valence-corrected chi connectivity index (χ0v) is 9.12. The van der Waals surface area contributed by atoms with Crippen molar-refractivity contribution >= 4 is 11.9 Å². The molecule has 2 rings (SSSR count). The predicted molar refractivity (Wildman–Crippen MR) is 51.7 cm³/mol. The van der Waals surface area contributed by atoms with Gasteiger partial charge in [0.15, 0.2) is 0 Å². The van der Waals surface area contributed by atoms with Crippen LogP contribution in [0, 0.1) is 11.8 Å². The van der Waals surface area contributed by atoms with Crippen LogP contribution in [0.15, 0.2) is 0 Å². The number of rotatable bonds is 0. The largest absolute Gasteiger partial charge is 0.422 e. The molecule has 2 fully saturated rings. The van der Waals surface area contributed by atoms with Crippen LogP contribution in [0.1, 0.15) is 39.5 Å². The lowest BCUT2D eigenvalue weighted by Crippen LogP contribution is -2.49. The fraction of sp³-hybridized carbons (Fsp3) is 0.818. The summed E-state index contributed by atoms with van der Waals surface area (Å²) in [6, 6.07) is 0. The summed E-state index contributed by atoms with van der Waals surface area (Å²) in [6.45, 7) is 4.18. The molecule has 0 aromatic rings. The third-order valence-corrected chi connectivity index (χ3v) is 3.01. The van der Waals surface area contributed by atoms with E-state index < -0.39 is 17.7 Å². The van der Waals surface area contributed by atoms with Crippen molar-refractivity contribution in [3.8, 4) is 0 Å². The average Bonchev–Trinajstić information content (AvgIpc) is 1.96. The molecule has 4 heteroatoms. The van der Waals surface area contributed by atoms with Crippen LogP contribution in [-0.2, 0) is 19.1 Å². The Hall–Kier alpha value is -1.06. The lowest BCUT2D eigenvalue weighted by atomic mass is 9.79. The third kappa shape index (κ3) is 2.13. The topological polar surface area (TPSA) is 52.6 Å². The van der Waals surface area contributed by atoms with Crippen molar-refractivity contribution in [2.24, 2.45) is 11.8 Å². The molecule has 84 valence electrons. The lowest BCUT2D eigenvalue weighted by molar-refractivity contribution is -0.260. The van der Waals surface area contributed by atoms with E-state index in [2.05, 4.69) is 13.8 Å². The van der Waals surface area contributed by atoms with Crippen LogP contribution in [0.5, 0.6) is 0 Å². The molecule has 1 saturated heterocycles. The van der Waals surface area contributed by atoms with Crippen molar-refractivity contribution in [3.05, 3.63) is 0 Å². The summed E-state index contributed by atoms with van der Waals surface area (Å²) in [5.74, 6) is -1.01. The van der Waals surface area contributed by atoms with Crippen LogP contribution < -0.4 is 0 Å². The van der Waals surface area contributed by atoms with E-state index in [9.17, 15) is 9.59 Å². The lowest BCUT2D eigenvalue weighted by Gasteiger charge is -2.42. The van der Waals surface area contributed by atoms with Crippen LogP contribution in [0.4, 0.5) is 0 Å². The highest BCUT2D eigenvalue weighted by Crippen LogP contribution is 2.41. The van der Waals surface area contributed by atoms with Gasteiger partial charge in [-0.3, -0.25) is 9.59 Å². The minimum absolute atomic E-state index is 0.246. The van der Waals surface area contributed by atoms with Crippen LogP contribution in [-0.4, -0.2) is 17.7 Å². The van der Waals surface area contributed by atoms with Gasteiger partial charge in [-0.15, -0.1) is 0 Å². The molecule has 2 unspecified atom stereocenters. The number of carbonyl (C=O) groups excluding carboxylic acids is 2. The molecule has 1 heterocycles. The Balaban J connectivity index is 2.16. The first-order chi connectivity index (χ1) is 6.99. The van der Waals surface area contributed by atoms with E-state index in [1.807, 2.05) is 0 Å². The minimum Gasteiger partial charge on any atom is -0.422 e. The van der Waals surface area contributed by atoms with Crippen molar-refractivity contribution < 1.29 is 19.1 Å². The van der Waals surface area contributed by atoms with Crippen molar-refractivity contribution in [1.82, 2.24) is 0 Å². The van der Waals surface area contributed by atoms with Crippen LogP contribution >= 0.6 is 0 Å². The number of esters is 2. The quantitative estimate of drug-likeness (QED) is 0.452. The number of ether oxygens (including phenoxy) is 2. The molecule has 0 aromatic heterocycles. The molecule has 0 radical (unpaired) electrons. The minimum atomic E-state index is -0.955. The molecule has 2 atom stereocenters. The predicted octanol–water partition coefficient (Wildman–Crippen LogP) is 1.63. The van der Waals surface area contributed by atoms with Crippen molar-refractivity contribution in [2.45, 2.75) is 45.3 Å². The second-order valence-corrected chi connectivity index (χ2v) is 4.89. The molecule has 2 aliphatic rings. The van der Waals surface area contributed by atoms with E-state index in [-0.39, 0.29) is 6.42 Å². The Bertz CT molecular complexity index is 269. The molecular formula is C11H16O4. The maximum Gasteiger partial charge on any atom is 0.320 e. The molecule has 0 bridgehead atoms. The van der Waals surface area contributed by atoms with Gasteiger partial charge in [-0.25, -0.2) is 0 Å². The molecule has 0 amide bonds. The zero-order valence-electron chi connectivity index (χ0n) is 9.12. The number of carbonyl (C=O) groups is 2. The summed E-state index contributed by atoms with van der Waals surface area (Å²) in [7, 11) is 0. The van der Waals surface area contributed by atoms with E-state index in [4.69, 9.17) is 9.47 Å². The second-order valence-electron chi connectivity index (χ2n) is 4.89. The summed E-state index contributed by atoms with van der Waals surface area (Å²) in [4.78, 5) is 22.5. The first kappa shape index (κ1) is 10.5. The molecule has 1 saturated carbocycles. The number of hydrogen-bond donors (Lipinski definition) is 0. The standard InChI is InChI=1S/C11H16O4/c1-7-3-8(2)6-11(5-7)14-9(12)4-10(13)15-11/h7-8H,3-6H2,1-2H3. The van der Waals surface area contributed by atoms with Gasteiger partial charge in [0.2, 0.25) is 0 Å². The fourth-order valence-electron chi connectivity index (χ4n) is 2.79. The van der Waals surface area contributed by atoms with Gasteiger partial charge in [0.1, 0.15) is 6.42 Å². The molecule has 1 aliphatic carbocycles. The van der Waals surface area contributed by atoms with E-state index in [1.54, 1.807) is 0 Å². The van der Waals surface area contributed by atoms with Crippen LogP contribution in [0.3, 0.4) is 0 Å². The third-order valence-electron chi connectivity index (χ3n) is 3.01. The van der Waals surface area contributed by atoms with E-state index in [0.29, 0.717) is 24.7 Å². The monoisotopic (exact) mass is 212 g/mol. The van der Waals surface area contributed by atoms with Gasteiger partial charge in [0, 0.05) is 12.8 Å². The van der Waals surface area contributed by atoms with Crippen molar-refractivity contribution in [3.63, 3.8) is 0 Å². The molecular weight excluding hydrogens is 196 g/mol. The SMILES string of the molecule is CC1CC(C)CC2(C1)OC(=O)CC(=O)O2. The fourth-order valence-corrected chi connectivity index (χ4v) is 2.79. The summed E-state index contributed by atoms with van der Waals surface area (Å²) < 4.78 is 10.5. The van der Waals surface area contributed by atoms with Gasteiger partial charge >= 0.3 is 11.9 Å². The van der Waals surface area contributed by atoms with Crippen molar-refractivity contribution in [2.75, 3.05) is 0 Å². The molecule has 15 heavy (non-hydrogen) atoms. The van der Waals surface area contributed by atoms with Gasteiger partial charge < -0.3 is 9.47 Å². The summed E-state index contributed by atoms with van der Waals surface area (Å²) >= 11 is 0. The summed E-state index contributed by atoms with van der Waals surface area (Å²) in [5.41, 5.74) is 0. The van der Waals surface area contributed by atoms with Crippen LogP contribution in [0.2, 0.25) is 0 Å². The van der Waals surface area contributed by atoms with Gasteiger partial charge in [-0.05, 0) is 18.3 Å². The number of hydrogen-bond acceptors (Lipinski definition) is 4. The van der Waals surface area contributed by atoms with Gasteiger partial charge in [0.05, 0.1) is 0 Å². The first-order valence-electron chi connectivity index (χ1n) is 5.43. The molecule has 0 aromatic carbocycles. The van der Waals surface area contributed by atoms with Gasteiger partial charge in [0.25, 0.3) is 5.79 Å². The second kappa shape index (κ2) is 3.51. The molecule has 1 spiro atoms. The highest BCUT2D eigenvalue weighted by Gasteiger charge is 2.47. The Labute approximate surface area is 88.9 Å². The van der Waals surface area contributed by atoms with E-state index in [0.717, 1.165) is 6.42 Å². The Morgan fingerprint density at radius 1 is 1.07 bits per heavy atom. The first-order valence-corrected chi connectivity index (χ1v) is 5.43. The van der Waals surface area contributed by atoms with Gasteiger partial charge in [-0.2, -0.15) is 0 Å². The van der Waals surface area contributed by atoms with Gasteiger partial charge in [-0.1, -0.05) is 13.8 Å². The highest BCUT2D eigenvalue weighted by atomic mass is 16.7. The maximum atomic E-state index is 11.2. The zero-order chi connectivity index (χ0) is 11.1. The van der Waals surface area contributed by atoms with Crippen LogP contribution in [0.25, 0.3) is 0 Å². The summed E-state index contributed by atoms with van der Waals surface area (Å²) in [5, 5.41) is 0. The van der Waals surface area contributed by atoms with Crippen molar-refractivity contribution in [1.29, 1.82) is 0 Å². The Morgan fingerprint density at radius 2 is 1.53 bits per heavy atom. The van der Waals surface area contributed by atoms with E-state index >= 15 is 0 Å². The summed E-state index contributed by atoms with van der Waals surface area (Å²) in [6.07, 6.45) is 2.12. The molecule has 1 aliphatic heterocycles. The Morgan fingerprint density at radius 3 is 2.00 bits per heavy atom. The average molecular weight is 212 g/mol. The smallest absolute Gasteiger partial charge is 0.320 e. The molecule has 4 nitrogen and oxygen atoms in total. The highest BCUT2D eigenvalue weighted by molar-refractivity contribution is 5.93.